The highest BCUT2D eigenvalue weighted by molar-refractivity contribution is 7.55. The summed E-state index contributed by atoms with van der Waals surface area (Å²) in [5.41, 5.74) is 1.88. The molecule has 5 nitrogen and oxygen atoms in total. The van der Waals surface area contributed by atoms with E-state index in [0.29, 0.717) is 12.2 Å². The number of phenolic OH excluding ortho intramolecular Hbond substituents is 1. The molecule has 0 saturated heterocycles. The molecule has 36 heavy (non-hydrogen) atoms. The Balaban J connectivity index is 2.05. The fraction of sp³-hybridized carbons (Fsp3) is 0.600. The molecule has 0 radical (unpaired) electrons. The fourth-order valence-electron chi connectivity index (χ4n) is 5.29. The first-order valence-electron chi connectivity index (χ1n) is 13.4. The summed E-state index contributed by atoms with van der Waals surface area (Å²) >= 11 is 0. The molecular weight excluding hydrogens is 469 g/mol. The topological polar surface area (TPSA) is 67.8 Å². The van der Waals surface area contributed by atoms with Gasteiger partial charge in [0, 0.05) is 16.7 Å². The molecule has 6 heteroatoms. The molecule has 0 heterocycles. The van der Waals surface area contributed by atoms with Crippen molar-refractivity contribution in [1.29, 1.82) is 0 Å². The Morgan fingerprint density at radius 2 is 1.50 bits per heavy atom. The van der Waals surface area contributed by atoms with Crippen LogP contribution in [0.4, 0.5) is 0 Å². The molecule has 0 spiro atoms. The number of rotatable bonds is 9. The largest absolute Gasteiger partial charge is 0.507 e. The van der Waals surface area contributed by atoms with E-state index in [0.717, 1.165) is 36.8 Å². The van der Waals surface area contributed by atoms with Gasteiger partial charge in [-0.05, 0) is 54.7 Å². The SMILES string of the molecule is CCOP(=O)(Oc1cc(C(C)(C)C)c(O)c(C(C)(C)C)c1)C(CC)NC1(c2ccccc2)CCCC1. The molecule has 2 N–H and O–H groups in total. The Bertz CT molecular complexity index is 1030. The highest BCUT2D eigenvalue weighted by Gasteiger charge is 2.44. The molecule has 3 rings (SSSR count). The van der Waals surface area contributed by atoms with Gasteiger partial charge in [0.1, 0.15) is 17.3 Å². The zero-order valence-electron chi connectivity index (χ0n) is 23.5. The van der Waals surface area contributed by atoms with Gasteiger partial charge in [-0.2, -0.15) is 0 Å². The smallest absolute Gasteiger partial charge is 0.396 e. The lowest BCUT2D eigenvalue weighted by molar-refractivity contribution is 0.240. The standard InChI is InChI=1S/C30H46NO4P/c1-9-26(31-30(18-14-15-19-30)22-16-12-11-13-17-22)36(33,34-10-2)35-23-20-24(28(3,4)5)27(32)25(21-23)29(6,7)8/h11-13,16-17,20-21,26,31-32H,9-10,14-15,18-19H2,1-8H3. The molecule has 2 aromatic rings. The molecule has 1 saturated carbocycles. The van der Waals surface area contributed by atoms with E-state index in [1.807, 2.05) is 32.0 Å². The Hall–Kier alpha value is -1.81. The van der Waals surface area contributed by atoms with Gasteiger partial charge in [-0.25, -0.2) is 4.57 Å². The summed E-state index contributed by atoms with van der Waals surface area (Å²) < 4.78 is 26.9. The van der Waals surface area contributed by atoms with Crippen molar-refractivity contribution in [1.82, 2.24) is 5.32 Å². The summed E-state index contributed by atoms with van der Waals surface area (Å²) in [6, 6.07) is 14.1. The molecule has 0 aliphatic heterocycles. The molecule has 0 bridgehead atoms. The van der Waals surface area contributed by atoms with Crippen LogP contribution in [0.15, 0.2) is 42.5 Å². The third-order valence-electron chi connectivity index (χ3n) is 7.24. The summed E-state index contributed by atoms with van der Waals surface area (Å²) in [7, 11) is -3.62. The number of benzene rings is 2. The second kappa shape index (κ2) is 10.9. The first-order chi connectivity index (χ1) is 16.8. The van der Waals surface area contributed by atoms with Crippen LogP contribution in [0.2, 0.25) is 0 Å². The lowest BCUT2D eigenvalue weighted by atomic mass is 9.79. The van der Waals surface area contributed by atoms with Gasteiger partial charge in [-0.1, -0.05) is 91.6 Å². The molecule has 200 valence electrons. The first-order valence-corrected chi connectivity index (χ1v) is 15.0. The van der Waals surface area contributed by atoms with Gasteiger partial charge in [0.05, 0.1) is 6.61 Å². The molecule has 1 fully saturated rings. The van der Waals surface area contributed by atoms with E-state index < -0.39 is 13.4 Å². The lowest BCUT2D eigenvalue weighted by Crippen LogP contribution is -2.46. The van der Waals surface area contributed by atoms with E-state index in [9.17, 15) is 9.67 Å². The van der Waals surface area contributed by atoms with Gasteiger partial charge >= 0.3 is 7.60 Å². The van der Waals surface area contributed by atoms with Crippen molar-refractivity contribution in [3.63, 3.8) is 0 Å². The van der Waals surface area contributed by atoms with Crippen molar-refractivity contribution in [3.8, 4) is 11.5 Å². The molecule has 2 unspecified atom stereocenters. The minimum absolute atomic E-state index is 0.250. The molecule has 2 atom stereocenters. The molecule has 1 aliphatic rings. The summed E-state index contributed by atoms with van der Waals surface area (Å²) in [6.07, 6.45) is 4.82. The van der Waals surface area contributed by atoms with Crippen LogP contribution in [0.3, 0.4) is 0 Å². The van der Waals surface area contributed by atoms with E-state index in [2.05, 4.69) is 71.1 Å². The van der Waals surface area contributed by atoms with Gasteiger partial charge in [0.15, 0.2) is 0 Å². The second-order valence-electron chi connectivity index (χ2n) is 12.1. The van der Waals surface area contributed by atoms with Crippen LogP contribution in [-0.2, 0) is 25.5 Å². The number of hydrogen-bond donors (Lipinski definition) is 2. The zero-order chi connectivity index (χ0) is 26.8. The highest BCUT2D eigenvalue weighted by atomic mass is 31.2. The quantitative estimate of drug-likeness (QED) is 0.328. The molecular formula is C30H46NO4P. The van der Waals surface area contributed by atoms with Crippen LogP contribution in [0.25, 0.3) is 0 Å². The predicted octanol–water partition coefficient (Wildman–Crippen LogP) is 8.39. The first kappa shape index (κ1) is 28.8. The molecule has 1 aliphatic carbocycles. The van der Waals surface area contributed by atoms with E-state index >= 15 is 0 Å². The van der Waals surface area contributed by atoms with Gasteiger partial charge in [0.2, 0.25) is 0 Å². The van der Waals surface area contributed by atoms with Crippen LogP contribution in [0.1, 0.15) is 104 Å². The van der Waals surface area contributed by atoms with Gasteiger partial charge in [-0.3, -0.25) is 9.84 Å². The summed E-state index contributed by atoms with van der Waals surface area (Å²) in [5, 5.41) is 14.9. The van der Waals surface area contributed by atoms with E-state index in [4.69, 9.17) is 9.05 Å². The van der Waals surface area contributed by atoms with Crippen molar-refractivity contribution in [2.24, 2.45) is 0 Å². The molecule has 0 aromatic heterocycles. The van der Waals surface area contributed by atoms with E-state index in [1.54, 1.807) is 0 Å². The number of phenols is 1. The van der Waals surface area contributed by atoms with Gasteiger partial charge in [0.25, 0.3) is 0 Å². The average molecular weight is 516 g/mol. The van der Waals surface area contributed by atoms with Crippen molar-refractivity contribution in [2.75, 3.05) is 6.61 Å². The summed E-state index contributed by atoms with van der Waals surface area (Å²) in [5.74, 6) is 0.272. The predicted molar refractivity (Wildman–Crippen MR) is 149 cm³/mol. The zero-order valence-corrected chi connectivity index (χ0v) is 24.4. The monoisotopic (exact) mass is 515 g/mol. The second-order valence-corrected chi connectivity index (χ2v) is 14.3. The van der Waals surface area contributed by atoms with Crippen molar-refractivity contribution >= 4 is 7.60 Å². The average Bonchev–Trinajstić information content (AvgIpc) is 3.27. The Kier molecular flexibility index (Phi) is 8.70. The third kappa shape index (κ3) is 6.18. The van der Waals surface area contributed by atoms with Crippen LogP contribution in [-0.4, -0.2) is 17.5 Å². The van der Waals surface area contributed by atoms with E-state index in [1.165, 1.54) is 5.56 Å². The van der Waals surface area contributed by atoms with Crippen molar-refractivity contribution in [2.45, 2.75) is 110 Å². The Labute approximate surface area is 218 Å². The number of hydrogen-bond acceptors (Lipinski definition) is 5. The van der Waals surface area contributed by atoms with E-state index in [-0.39, 0.29) is 28.7 Å². The highest BCUT2D eigenvalue weighted by Crippen LogP contribution is 2.56. The lowest BCUT2D eigenvalue weighted by Gasteiger charge is -2.38. The van der Waals surface area contributed by atoms with Crippen LogP contribution < -0.4 is 9.84 Å². The molecule has 2 aromatic carbocycles. The third-order valence-corrected chi connectivity index (χ3v) is 9.58. The number of nitrogens with one attached hydrogen (secondary N) is 1. The Morgan fingerprint density at radius 1 is 0.972 bits per heavy atom. The van der Waals surface area contributed by atoms with Crippen molar-refractivity contribution < 1.29 is 18.7 Å². The Morgan fingerprint density at radius 3 is 1.94 bits per heavy atom. The van der Waals surface area contributed by atoms with Gasteiger partial charge in [-0.15, -0.1) is 0 Å². The van der Waals surface area contributed by atoms with Crippen LogP contribution in [0.5, 0.6) is 11.5 Å². The minimum atomic E-state index is -3.62. The maximum absolute atomic E-state index is 14.5. The maximum atomic E-state index is 14.5. The van der Waals surface area contributed by atoms with Crippen LogP contribution >= 0.6 is 7.60 Å². The maximum Gasteiger partial charge on any atom is 0.396 e. The van der Waals surface area contributed by atoms with Crippen molar-refractivity contribution in [3.05, 3.63) is 59.2 Å². The summed E-state index contributed by atoms with van der Waals surface area (Å²) in [4.78, 5) is 0. The summed E-state index contributed by atoms with van der Waals surface area (Å²) in [6.45, 7) is 16.5. The minimum Gasteiger partial charge on any atom is -0.507 e. The fourth-order valence-corrected chi connectivity index (χ4v) is 7.26. The number of aromatic hydroxyl groups is 1. The van der Waals surface area contributed by atoms with Crippen LogP contribution in [0, 0.1) is 0 Å². The van der Waals surface area contributed by atoms with Gasteiger partial charge < -0.3 is 9.63 Å². The normalized spacial score (nSPS) is 18.6. The molecule has 0 amide bonds.